The van der Waals surface area contributed by atoms with Gasteiger partial charge in [0.1, 0.15) is 0 Å². The van der Waals surface area contributed by atoms with Gasteiger partial charge < -0.3 is 9.84 Å². The largest absolute Gasteiger partial charge is 0.350 e. The summed E-state index contributed by atoms with van der Waals surface area (Å²) < 4.78 is 6.21. The highest BCUT2D eigenvalue weighted by atomic mass is 79.9. The number of nitrogens with one attached hydrogen (secondary N) is 1. The van der Waals surface area contributed by atoms with Gasteiger partial charge in [-0.05, 0) is 18.6 Å². The van der Waals surface area contributed by atoms with E-state index in [-0.39, 0.29) is 11.9 Å². The van der Waals surface area contributed by atoms with Crippen LogP contribution >= 0.6 is 15.9 Å². The van der Waals surface area contributed by atoms with Crippen molar-refractivity contribution < 1.29 is 9.32 Å². The summed E-state index contributed by atoms with van der Waals surface area (Å²) in [7, 11) is 0. The van der Waals surface area contributed by atoms with Crippen LogP contribution < -0.4 is 5.32 Å². The van der Waals surface area contributed by atoms with Gasteiger partial charge in [-0.3, -0.25) is 4.79 Å². The number of carbonyl (C=O) groups is 1. The summed E-state index contributed by atoms with van der Waals surface area (Å²) in [5, 5.41) is 6.95. The third-order valence-electron chi connectivity index (χ3n) is 3.82. The lowest BCUT2D eigenvalue weighted by Crippen LogP contribution is -2.27. The first-order valence-corrected chi connectivity index (χ1v) is 8.84. The zero-order valence-corrected chi connectivity index (χ0v) is 15.4. The Kier molecular flexibility index (Phi) is 5.60. The van der Waals surface area contributed by atoms with Crippen LogP contribution in [0.2, 0.25) is 0 Å². The summed E-state index contributed by atoms with van der Waals surface area (Å²) in [4.78, 5) is 16.5. The Labute approximate surface area is 154 Å². The van der Waals surface area contributed by atoms with E-state index >= 15 is 0 Å². The Morgan fingerprint density at radius 1 is 1.16 bits per heavy atom. The van der Waals surface area contributed by atoms with Crippen LogP contribution in [0.5, 0.6) is 0 Å². The number of benzene rings is 2. The van der Waals surface area contributed by atoms with Crippen molar-refractivity contribution in [1.29, 1.82) is 0 Å². The van der Waals surface area contributed by atoms with Crippen molar-refractivity contribution in [3.8, 4) is 11.4 Å². The van der Waals surface area contributed by atoms with E-state index in [4.69, 9.17) is 4.52 Å². The van der Waals surface area contributed by atoms with Crippen LogP contribution in [0.1, 0.15) is 30.8 Å². The highest BCUT2D eigenvalue weighted by molar-refractivity contribution is 9.10. The molecule has 1 amide bonds. The molecular formula is C19H18BrN3O2. The van der Waals surface area contributed by atoms with E-state index in [2.05, 4.69) is 31.4 Å². The second kappa shape index (κ2) is 8.07. The van der Waals surface area contributed by atoms with Crippen LogP contribution in [-0.2, 0) is 11.2 Å². The number of aryl methyl sites for hydroxylation is 1. The average molecular weight is 400 g/mol. The van der Waals surface area contributed by atoms with Gasteiger partial charge in [-0.2, -0.15) is 4.98 Å². The van der Waals surface area contributed by atoms with Crippen molar-refractivity contribution in [2.75, 3.05) is 0 Å². The van der Waals surface area contributed by atoms with Crippen molar-refractivity contribution in [3.05, 3.63) is 70.5 Å². The molecule has 0 unspecified atom stereocenters. The Bertz CT molecular complexity index is 849. The van der Waals surface area contributed by atoms with E-state index in [1.54, 1.807) is 0 Å². The summed E-state index contributed by atoms with van der Waals surface area (Å²) in [6, 6.07) is 17.4. The highest BCUT2D eigenvalue weighted by Gasteiger charge is 2.14. The molecule has 25 heavy (non-hydrogen) atoms. The van der Waals surface area contributed by atoms with Crippen molar-refractivity contribution >= 4 is 21.8 Å². The van der Waals surface area contributed by atoms with Gasteiger partial charge in [0.25, 0.3) is 0 Å². The molecule has 1 heterocycles. The van der Waals surface area contributed by atoms with Gasteiger partial charge in [0.15, 0.2) is 0 Å². The SMILES string of the molecule is C[C@@H](NC(=O)CCc1nc(-c2ccccc2)no1)c1ccccc1Br. The highest BCUT2D eigenvalue weighted by Crippen LogP contribution is 2.22. The molecule has 6 heteroatoms. The number of carbonyl (C=O) groups excluding carboxylic acids is 1. The van der Waals surface area contributed by atoms with Gasteiger partial charge >= 0.3 is 0 Å². The van der Waals surface area contributed by atoms with Crippen LogP contribution in [0.25, 0.3) is 11.4 Å². The number of hydrogen-bond donors (Lipinski definition) is 1. The Balaban J connectivity index is 1.54. The predicted molar refractivity (Wildman–Crippen MR) is 98.8 cm³/mol. The minimum absolute atomic E-state index is 0.0530. The standard InChI is InChI=1S/C19H18BrN3O2/c1-13(15-9-5-6-10-16(15)20)21-17(24)11-12-18-22-19(23-25-18)14-7-3-2-4-8-14/h2-10,13H,11-12H2,1H3,(H,21,24)/t13-/m1/s1. The number of nitrogens with zero attached hydrogens (tertiary/aromatic N) is 2. The Morgan fingerprint density at radius 2 is 1.88 bits per heavy atom. The zero-order chi connectivity index (χ0) is 17.6. The van der Waals surface area contributed by atoms with Crippen molar-refractivity contribution in [3.63, 3.8) is 0 Å². The fourth-order valence-corrected chi connectivity index (χ4v) is 3.13. The maximum Gasteiger partial charge on any atom is 0.227 e. The number of rotatable bonds is 6. The molecule has 2 aromatic carbocycles. The molecule has 0 radical (unpaired) electrons. The van der Waals surface area contributed by atoms with Gasteiger partial charge in [-0.1, -0.05) is 69.6 Å². The van der Waals surface area contributed by atoms with Crippen molar-refractivity contribution in [1.82, 2.24) is 15.5 Å². The Morgan fingerprint density at radius 3 is 2.64 bits per heavy atom. The fourth-order valence-electron chi connectivity index (χ4n) is 2.50. The lowest BCUT2D eigenvalue weighted by molar-refractivity contribution is -0.121. The second-order valence-corrected chi connectivity index (χ2v) is 6.54. The molecule has 3 aromatic rings. The molecule has 0 bridgehead atoms. The van der Waals surface area contributed by atoms with Crippen molar-refractivity contribution in [2.45, 2.75) is 25.8 Å². The quantitative estimate of drug-likeness (QED) is 0.670. The molecule has 0 saturated heterocycles. The maximum atomic E-state index is 12.2. The summed E-state index contributed by atoms with van der Waals surface area (Å²) in [6.45, 7) is 1.96. The third kappa shape index (κ3) is 4.54. The summed E-state index contributed by atoms with van der Waals surface area (Å²) in [5.41, 5.74) is 1.93. The normalized spacial score (nSPS) is 11.9. The van der Waals surface area contributed by atoms with Gasteiger partial charge in [-0.25, -0.2) is 0 Å². The molecule has 128 valence electrons. The number of amides is 1. The first-order valence-electron chi connectivity index (χ1n) is 8.05. The summed E-state index contributed by atoms with van der Waals surface area (Å²) >= 11 is 3.50. The second-order valence-electron chi connectivity index (χ2n) is 5.69. The molecule has 5 nitrogen and oxygen atoms in total. The summed E-state index contributed by atoms with van der Waals surface area (Å²) in [5.74, 6) is 0.947. The van der Waals surface area contributed by atoms with Gasteiger partial charge in [0.2, 0.25) is 17.6 Å². The van der Waals surface area contributed by atoms with Crippen LogP contribution in [0.3, 0.4) is 0 Å². The lowest BCUT2D eigenvalue weighted by Gasteiger charge is -2.15. The van der Waals surface area contributed by atoms with Crippen molar-refractivity contribution in [2.24, 2.45) is 0 Å². The minimum Gasteiger partial charge on any atom is -0.350 e. The predicted octanol–water partition coefficient (Wildman–Crippen LogP) is 4.31. The molecule has 0 aliphatic heterocycles. The molecule has 0 saturated carbocycles. The van der Waals surface area contributed by atoms with Crippen LogP contribution in [0.15, 0.2) is 63.6 Å². The first-order chi connectivity index (χ1) is 12.1. The summed E-state index contributed by atoms with van der Waals surface area (Å²) in [6.07, 6.45) is 0.708. The van der Waals surface area contributed by atoms with E-state index < -0.39 is 0 Å². The lowest BCUT2D eigenvalue weighted by atomic mass is 10.1. The molecule has 0 aliphatic rings. The van der Waals surface area contributed by atoms with E-state index in [9.17, 15) is 4.79 Å². The van der Waals surface area contributed by atoms with E-state index in [1.165, 1.54) is 0 Å². The Hall–Kier alpha value is -2.47. The zero-order valence-electron chi connectivity index (χ0n) is 13.8. The van der Waals surface area contributed by atoms with E-state index in [0.29, 0.717) is 24.6 Å². The van der Waals surface area contributed by atoms with Gasteiger partial charge in [0, 0.05) is 22.9 Å². The fraction of sp³-hybridized carbons (Fsp3) is 0.211. The van der Waals surface area contributed by atoms with Gasteiger partial charge in [-0.15, -0.1) is 0 Å². The number of halogens is 1. The topological polar surface area (TPSA) is 68.0 Å². The minimum atomic E-state index is -0.0781. The number of hydrogen-bond acceptors (Lipinski definition) is 4. The molecule has 1 atom stereocenters. The molecule has 3 rings (SSSR count). The molecule has 0 aliphatic carbocycles. The smallest absolute Gasteiger partial charge is 0.227 e. The molecular weight excluding hydrogens is 382 g/mol. The van der Waals surface area contributed by atoms with E-state index in [0.717, 1.165) is 15.6 Å². The molecule has 1 N–H and O–H groups in total. The van der Waals surface area contributed by atoms with Crippen LogP contribution in [0.4, 0.5) is 0 Å². The van der Waals surface area contributed by atoms with Gasteiger partial charge in [0.05, 0.1) is 6.04 Å². The average Bonchev–Trinajstić information content (AvgIpc) is 3.10. The molecule has 0 spiro atoms. The maximum absolute atomic E-state index is 12.2. The number of aromatic nitrogens is 2. The first kappa shape index (κ1) is 17.4. The third-order valence-corrected chi connectivity index (χ3v) is 4.54. The van der Waals surface area contributed by atoms with E-state index in [1.807, 2.05) is 61.5 Å². The molecule has 1 aromatic heterocycles. The van der Waals surface area contributed by atoms with Crippen LogP contribution in [-0.4, -0.2) is 16.0 Å². The van der Waals surface area contributed by atoms with Crippen LogP contribution in [0, 0.1) is 0 Å². The molecule has 0 fully saturated rings. The monoisotopic (exact) mass is 399 g/mol.